The fourth-order valence-electron chi connectivity index (χ4n) is 3.61. The van der Waals surface area contributed by atoms with Crippen molar-refractivity contribution in [3.05, 3.63) is 56.0 Å². The lowest BCUT2D eigenvalue weighted by molar-refractivity contribution is 0.457. The lowest BCUT2D eigenvalue weighted by Crippen LogP contribution is -2.40. The zero-order valence-electron chi connectivity index (χ0n) is 18.1. The Bertz CT molecular complexity index is 1350. The van der Waals surface area contributed by atoms with Crippen LogP contribution in [0.1, 0.15) is 38.4 Å². The first kappa shape index (κ1) is 21.9. The van der Waals surface area contributed by atoms with Gasteiger partial charge in [-0.05, 0) is 43.5 Å². The quantitative estimate of drug-likeness (QED) is 0.387. The first-order valence-electron chi connectivity index (χ1n) is 10.7. The second-order valence-electron chi connectivity index (χ2n) is 7.66. The molecular weight excluding hydrogens is 432 g/mol. The molecule has 10 nitrogen and oxygen atoms in total. The first-order chi connectivity index (χ1) is 15.5. The summed E-state index contributed by atoms with van der Waals surface area (Å²) in [5, 5.41) is 13.1. The number of aromatic nitrogens is 8. The minimum Gasteiger partial charge on any atom is -0.336 e. The zero-order valence-corrected chi connectivity index (χ0v) is 18.8. The number of rotatable bonds is 9. The molecular formula is C21H25ClN8O2. The highest BCUT2D eigenvalue weighted by Gasteiger charge is 2.16. The van der Waals surface area contributed by atoms with Crippen LogP contribution in [-0.2, 0) is 19.6 Å². The largest absolute Gasteiger partial charge is 0.336 e. The summed E-state index contributed by atoms with van der Waals surface area (Å²) in [6.45, 7) is 5.19. The molecule has 0 atom stereocenters. The van der Waals surface area contributed by atoms with Crippen molar-refractivity contribution >= 4 is 22.8 Å². The lowest BCUT2D eigenvalue weighted by Gasteiger charge is -2.10. The number of aromatic amines is 1. The normalized spacial score (nSPS) is 11.5. The summed E-state index contributed by atoms with van der Waals surface area (Å²) in [4.78, 5) is 34.7. The molecule has 1 aromatic carbocycles. The van der Waals surface area contributed by atoms with Crippen LogP contribution in [0, 0.1) is 6.92 Å². The van der Waals surface area contributed by atoms with E-state index in [-0.39, 0.29) is 11.2 Å². The molecule has 0 unspecified atom stereocenters. The van der Waals surface area contributed by atoms with E-state index in [0.717, 1.165) is 18.4 Å². The van der Waals surface area contributed by atoms with Gasteiger partial charge in [0.1, 0.15) is 11.3 Å². The van der Waals surface area contributed by atoms with Crippen molar-refractivity contribution in [1.82, 2.24) is 39.3 Å². The molecule has 168 valence electrons. The van der Waals surface area contributed by atoms with Gasteiger partial charge >= 0.3 is 5.69 Å². The van der Waals surface area contributed by atoms with Gasteiger partial charge in [-0.3, -0.25) is 13.9 Å². The fourth-order valence-corrected chi connectivity index (χ4v) is 3.83. The van der Waals surface area contributed by atoms with E-state index in [2.05, 4.69) is 32.3 Å². The summed E-state index contributed by atoms with van der Waals surface area (Å²) in [6.07, 6.45) is 3.08. The number of unbranched alkanes of at least 4 members (excludes halogenated alkanes) is 2. The first-order valence-corrected chi connectivity index (χ1v) is 11.1. The number of H-pyrrole nitrogens is 1. The number of imidazole rings is 1. The van der Waals surface area contributed by atoms with E-state index in [1.165, 1.54) is 9.36 Å². The van der Waals surface area contributed by atoms with Crippen molar-refractivity contribution in [2.75, 3.05) is 0 Å². The molecule has 0 saturated heterocycles. The van der Waals surface area contributed by atoms with Gasteiger partial charge in [0.25, 0.3) is 5.56 Å². The molecule has 0 bridgehead atoms. The molecule has 0 radical (unpaired) electrons. The van der Waals surface area contributed by atoms with Crippen molar-refractivity contribution in [3.8, 4) is 11.4 Å². The van der Waals surface area contributed by atoms with Gasteiger partial charge in [0.05, 0.1) is 11.6 Å². The van der Waals surface area contributed by atoms with Crippen LogP contribution < -0.4 is 11.2 Å². The molecule has 0 amide bonds. The molecule has 32 heavy (non-hydrogen) atoms. The molecule has 1 N–H and O–H groups in total. The van der Waals surface area contributed by atoms with Crippen LogP contribution in [-0.4, -0.2) is 39.3 Å². The predicted molar refractivity (Wildman–Crippen MR) is 122 cm³/mol. The molecule has 3 aromatic heterocycles. The van der Waals surface area contributed by atoms with E-state index in [0.29, 0.717) is 60.3 Å². The van der Waals surface area contributed by atoms with Gasteiger partial charge < -0.3 is 4.98 Å². The van der Waals surface area contributed by atoms with Crippen molar-refractivity contribution in [2.24, 2.45) is 0 Å². The highest BCUT2D eigenvalue weighted by atomic mass is 35.5. The Morgan fingerprint density at radius 3 is 2.56 bits per heavy atom. The third-order valence-electron chi connectivity index (χ3n) is 5.27. The number of nitrogens with one attached hydrogen (secondary N) is 1. The Hall–Kier alpha value is -3.27. The van der Waals surface area contributed by atoms with Gasteiger partial charge in [-0.1, -0.05) is 37.1 Å². The van der Waals surface area contributed by atoms with E-state index >= 15 is 0 Å². The Kier molecular flexibility index (Phi) is 6.50. The van der Waals surface area contributed by atoms with Gasteiger partial charge in [0.2, 0.25) is 5.82 Å². The van der Waals surface area contributed by atoms with Crippen LogP contribution in [0.25, 0.3) is 22.6 Å². The number of hydrogen-bond donors (Lipinski definition) is 1. The van der Waals surface area contributed by atoms with Crippen LogP contribution in [0.3, 0.4) is 0 Å². The molecule has 0 spiro atoms. The third-order valence-corrected chi connectivity index (χ3v) is 5.60. The molecule has 4 rings (SSSR count). The standard InChI is InChI=1S/C21H25ClN8O2/c1-3-4-11-28-19-17(23-14(2)24-19)20(31)29(21(28)32)12-7-8-13-30-26-18(25-27-30)15-9-5-6-10-16(15)22/h5-6,9-10H,3-4,7-8,11-13H2,1-2H3,(H,23,24). The third kappa shape index (κ3) is 4.36. The Morgan fingerprint density at radius 1 is 1.03 bits per heavy atom. The van der Waals surface area contributed by atoms with Crippen LogP contribution in [0.5, 0.6) is 0 Å². The highest BCUT2D eigenvalue weighted by molar-refractivity contribution is 6.33. The summed E-state index contributed by atoms with van der Waals surface area (Å²) in [7, 11) is 0. The van der Waals surface area contributed by atoms with E-state index < -0.39 is 0 Å². The zero-order chi connectivity index (χ0) is 22.7. The predicted octanol–water partition coefficient (Wildman–Crippen LogP) is 2.78. The molecule has 3 heterocycles. The van der Waals surface area contributed by atoms with E-state index in [1.807, 2.05) is 18.2 Å². The van der Waals surface area contributed by atoms with Crippen LogP contribution in [0.15, 0.2) is 33.9 Å². The lowest BCUT2D eigenvalue weighted by atomic mass is 10.2. The monoisotopic (exact) mass is 456 g/mol. The summed E-state index contributed by atoms with van der Waals surface area (Å²) in [6, 6.07) is 7.33. The summed E-state index contributed by atoms with van der Waals surface area (Å²) in [5.74, 6) is 1.08. The maximum atomic E-state index is 13.0. The summed E-state index contributed by atoms with van der Waals surface area (Å²) in [5.41, 5.74) is 0.880. The van der Waals surface area contributed by atoms with E-state index in [4.69, 9.17) is 11.6 Å². The van der Waals surface area contributed by atoms with Crippen LogP contribution in [0.4, 0.5) is 0 Å². The fraction of sp³-hybridized carbons (Fsp3) is 0.429. The maximum Gasteiger partial charge on any atom is 0.332 e. The Morgan fingerprint density at radius 2 is 1.78 bits per heavy atom. The topological polar surface area (TPSA) is 116 Å². The highest BCUT2D eigenvalue weighted by Crippen LogP contribution is 2.23. The number of halogens is 1. The number of fused-ring (bicyclic) bond motifs is 1. The second kappa shape index (κ2) is 9.47. The average Bonchev–Trinajstić information content (AvgIpc) is 3.40. The molecule has 0 fully saturated rings. The molecule has 0 aliphatic carbocycles. The SMILES string of the molecule is CCCCn1c(=O)n(CCCCn2nnc(-c3ccccc3Cl)n2)c(=O)c2[nH]c(C)nc21. The molecule has 0 aliphatic rings. The summed E-state index contributed by atoms with van der Waals surface area (Å²) >= 11 is 6.19. The van der Waals surface area contributed by atoms with E-state index in [1.54, 1.807) is 17.6 Å². The van der Waals surface area contributed by atoms with Crippen LogP contribution in [0.2, 0.25) is 5.02 Å². The summed E-state index contributed by atoms with van der Waals surface area (Å²) < 4.78 is 2.89. The minimum atomic E-state index is -0.335. The van der Waals surface area contributed by atoms with Crippen LogP contribution >= 0.6 is 11.6 Å². The Balaban J connectivity index is 1.47. The number of tetrazole rings is 1. The van der Waals surface area contributed by atoms with Crippen molar-refractivity contribution in [3.63, 3.8) is 0 Å². The van der Waals surface area contributed by atoms with Crippen molar-refractivity contribution in [1.29, 1.82) is 0 Å². The Labute approximate surface area is 188 Å². The second-order valence-corrected chi connectivity index (χ2v) is 8.07. The number of aryl methyl sites for hydroxylation is 3. The van der Waals surface area contributed by atoms with Gasteiger partial charge in [-0.2, -0.15) is 4.80 Å². The molecule has 0 saturated carbocycles. The number of nitrogens with zero attached hydrogens (tertiary/aromatic N) is 7. The minimum absolute atomic E-state index is 0.309. The van der Waals surface area contributed by atoms with Gasteiger partial charge in [0, 0.05) is 18.7 Å². The smallest absolute Gasteiger partial charge is 0.332 e. The maximum absolute atomic E-state index is 13.0. The molecule has 11 heteroatoms. The number of benzene rings is 1. The average molecular weight is 457 g/mol. The molecule has 4 aromatic rings. The van der Waals surface area contributed by atoms with Crippen molar-refractivity contribution in [2.45, 2.75) is 59.2 Å². The van der Waals surface area contributed by atoms with Gasteiger partial charge in [0.15, 0.2) is 5.65 Å². The number of hydrogen-bond acceptors (Lipinski definition) is 6. The van der Waals surface area contributed by atoms with Crippen molar-refractivity contribution < 1.29 is 0 Å². The van der Waals surface area contributed by atoms with Gasteiger partial charge in [-0.15, -0.1) is 10.2 Å². The molecule has 0 aliphatic heterocycles. The van der Waals surface area contributed by atoms with E-state index in [9.17, 15) is 9.59 Å². The van der Waals surface area contributed by atoms with Gasteiger partial charge in [-0.25, -0.2) is 9.78 Å².